The first-order chi connectivity index (χ1) is 5.99. The SMILES string of the molecule is CNS(=O)(=O)c1c(C)cccc1F. The van der Waals surface area contributed by atoms with Crippen molar-refractivity contribution in [1.29, 1.82) is 0 Å². The van der Waals surface area contributed by atoms with Gasteiger partial charge in [-0.3, -0.25) is 0 Å². The fourth-order valence-electron chi connectivity index (χ4n) is 1.06. The topological polar surface area (TPSA) is 46.2 Å². The zero-order valence-corrected chi connectivity index (χ0v) is 8.15. The second-order valence-corrected chi connectivity index (χ2v) is 4.42. The summed E-state index contributed by atoms with van der Waals surface area (Å²) in [6.45, 7) is 1.55. The molecule has 0 heterocycles. The first kappa shape index (κ1) is 10.1. The van der Waals surface area contributed by atoms with E-state index in [9.17, 15) is 12.8 Å². The third-order valence-electron chi connectivity index (χ3n) is 1.70. The number of nitrogens with one attached hydrogen (secondary N) is 1. The van der Waals surface area contributed by atoms with Gasteiger partial charge in [0.15, 0.2) is 0 Å². The van der Waals surface area contributed by atoms with Gasteiger partial charge in [0, 0.05) is 0 Å². The molecule has 0 amide bonds. The van der Waals surface area contributed by atoms with Crippen LogP contribution in [0.2, 0.25) is 0 Å². The molecule has 0 aliphatic heterocycles. The molecule has 1 aromatic rings. The summed E-state index contributed by atoms with van der Waals surface area (Å²) in [5.74, 6) is -0.727. The van der Waals surface area contributed by atoms with E-state index in [1.807, 2.05) is 0 Å². The van der Waals surface area contributed by atoms with Crippen LogP contribution in [0.15, 0.2) is 23.1 Å². The van der Waals surface area contributed by atoms with E-state index in [4.69, 9.17) is 0 Å². The Bertz CT molecular complexity index is 394. The van der Waals surface area contributed by atoms with E-state index in [1.165, 1.54) is 13.1 Å². The second kappa shape index (κ2) is 3.43. The maximum atomic E-state index is 13.1. The van der Waals surface area contributed by atoms with Gasteiger partial charge in [0.05, 0.1) is 0 Å². The molecule has 72 valence electrons. The molecule has 0 saturated carbocycles. The fourth-order valence-corrected chi connectivity index (χ4v) is 2.08. The van der Waals surface area contributed by atoms with Gasteiger partial charge in [0.2, 0.25) is 10.0 Å². The lowest BCUT2D eigenvalue weighted by atomic mass is 10.2. The molecule has 0 aliphatic carbocycles. The highest BCUT2D eigenvalue weighted by Gasteiger charge is 2.18. The normalized spacial score (nSPS) is 11.6. The number of halogens is 1. The summed E-state index contributed by atoms with van der Waals surface area (Å²) in [5.41, 5.74) is 0.398. The van der Waals surface area contributed by atoms with Crippen molar-refractivity contribution in [2.24, 2.45) is 0 Å². The summed E-state index contributed by atoms with van der Waals surface area (Å²) in [6, 6.07) is 4.14. The number of sulfonamides is 1. The van der Waals surface area contributed by atoms with Gasteiger partial charge in [-0.1, -0.05) is 12.1 Å². The number of hydrogen-bond acceptors (Lipinski definition) is 2. The molecule has 0 aliphatic rings. The van der Waals surface area contributed by atoms with Gasteiger partial charge in [-0.05, 0) is 25.6 Å². The van der Waals surface area contributed by atoms with Crippen molar-refractivity contribution in [3.8, 4) is 0 Å². The minimum absolute atomic E-state index is 0.280. The number of aryl methyl sites for hydroxylation is 1. The highest BCUT2D eigenvalue weighted by molar-refractivity contribution is 7.89. The quantitative estimate of drug-likeness (QED) is 0.780. The van der Waals surface area contributed by atoms with Crippen LogP contribution in [0.25, 0.3) is 0 Å². The standard InChI is InChI=1S/C8H10FNO2S/c1-6-4-3-5-7(9)8(6)13(11,12)10-2/h3-5,10H,1-2H3. The lowest BCUT2D eigenvalue weighted by Crippen LogP contribution is -2.20. The largest absolute Gasteiger partial charge is 0.243 e. The highest BCUT2D eigenvalue weighted by Crippen LogP contribution is 2.17. The Morgan fingerprint density at radius 2 is 2.00 bits per heavy atom. The Kier molecular flexibility index (Phi) is 2.68. The van der Waals surface area contributed by atoms with Crippen LogP contribution >= 0.6 is 0 Å². The van der Waals surface area contributed by atoms with Crippen molar-refractivity contribution in [3.63, 3.8) is 0 Å². The maximum Gasteiger partial charge on any atom is 0.243 e. The van der Waals surface area contributed by atoms with Crippen molar-refractivity contribution in [2.75, 3.05) is 7.05 Å². The summed E-state index contributed by atoms with van der Waals surface area (Å²) in [7, 11) is -2.43. The van der Waals surface area contributed by atoms with Crippen LogP contribution in [0.1, 0.15) is 5.56 Å². The van der Waals surface area contributed by atoms with Gasteiger partial charge >= 0.3 is 0 Å². The molecular weight excluding hydrogens is 193 g/mol. The van der Waals surface area contributed by atoms with E-state index in [2.05, 4.69) is 4.72 Å². The molecule has 0 spiro atoms. The molecule has 3 nitrogen and oxygen atoms in total. The van der Waals surface area contributed by atoms with Crippen LogP contribution < -0.4 is 4.72 Å². The van der Waals surface area contributed by atoms with Gasteiger partial charge in [0.25, 0.3) is 0 Å². The molecule has 1 aromatic carbocycles. The first-order valence-corrected chi connectivity index (χ1v) is 5.16. The van der Waals surface area contributed by atoms with E-state index in [0.717, 1.165) is 6.07 Å². The zero-order valence-electron chi connectivity index (χ0n) is 7.33. The average Bonchev–Trinajstić information content (AvgIpc) is 2.03. The second-order valence-electron chi connectivity index (χ2n) is 2.59. The lowest BCUT2D eigenvalue weighted by molar-refractivity contribution is 0.559. The van der Waals surface area contributed by atoms with Crippen molar-refractivity contribution < 1.29 is 12.8 Å². The molecule has 1 N–H and O–H groups in total. The van der Waals surface area contributed by atoms with Crippen molar-refractivity contribution in [1.82, 2.24) is 4.72 Å². The predicted octanol–water partition coefficient (Wildman–Crippen LogP) is 1.04. The first-order valence-electron chi connectivity index (χ1n) is 3.67. The van der Waals surface area contributed by atoms with Gasteiger partial charge in [0.1, 0.15) is 10.7 Å². The number of benzene rings is 1. The minimum atomic E-state index is -3.68. The van der Waals surface area contributed by atoms with E-state index >= 15 is 0 Å². The highest BCUT2D eigenvalue weighted by atomic mass is 32.2. The average molecular weight is 203 g/mol. The zero-order chi connectivity index (χ0) is 10.1. The van der Waals surface area contributed by atoms with E-state index < -0.39 is 15.8 Å². The van der Waals surface area contributed by atoms with Crippen LogP contribution in [0.3, 0.4) is 0 Å². The molecule has 1 rings (SSSR count). The summed E-state index contributed by atoms with van der Waals surface area (Å²) >= 11 is 0. The maximum absolute atomic E-state index is 13.1. The van der Waals surface area contributed by atoms with E-state index in [-0.39, 0.29) is 4.90 Å². The summed E-state index contributed by atoms with van der Waals surface area (Å²) in [4.78, 5) is -0.280. The Morgan fingerprint density at radius 3 is 2.46 bits per heavy atom. The number of hydrogen-bond donors (Lipinski definition) is 1. The van der Waals surface area contributed by atoms with Crippen molar-refractivity contribution >= 4 is 10.0 Å². The molecule has 0 bridgehead atoms. The van der Waals surface area contributed by atoms with E-state index in [0.29, 0.717) is 5.56 Å². The Hall–Kier alpha value is -0.940. The summed E-state index contributed by atoms with van der Waals surface area (Å²) in [5, 5.41) is 0. The van der Waals surface area contributed by atoms with E-state index in [1.54, 1.807) is 13.0 Å². The molecule has 0 aromatic heterocycles. The van der Waals surface area contributed by atoms with Gasteiger partial charge in [-0.15, -0.1) is 0 Å². The smallest absolute Gasteiger partial charge is 0.214 e. The fraction of sp³-hybridized carbons (Fsp3) is 0.250. The van der Waals surface area contributed by atoms with Crippen LogP contribution in [0.5, 0.6) is 0 Å². The molecule has 0 fully saturated rings. The van der Waals surface area contributed by atoms with Gasteiger partial charge in [-0.25, -0.2) is 17.5 Å². The molecule has 0 radical (unpaired) electrons. The molecule has 5 heteroatoms. The minimum Gasteiger partial charge on any atom is -0.214 e. The third kappa shape index (κ3) is 1.87. The Labute approximate surface area is 76.6 Å². The van der Waals surface area contributed by atoms with Crippen molar-refractivity contribution in [2.45, 2.75) is 11.8 Å². The van der Waals surface area contributed by atoms with Crippen LogP contribution in [-0.2, 0) is 10.0 Å². The van der Waals surface area contributed by atoms with Crippen LogP contribution in [0, 0.1) is 12.7 Å². The lowest BCUT2D eigenvalue weighted by Gasteiger charge is -2.06. The summed E-state index contributed by atoms with van der Waals surface area (Å²) < 4.78 is 37.8. The molecule has 13 heavy (non-hydrogen) atoms. The Morgan fingerprint density at radius 1 is 1.38 bits per heavy atom. The van der Waals surface area contributed by atoms with Crippen LogP contribution in [-0.4, -0.2) is 15.5 Å². The number of rotatable bonds is 2. The van der Waals surface area contributed by atoms with Gasteiger partial charge < -0.3 is 0 Å². The Balaban J connectivity index is 3.46. The van der Waals surface area contributed by atoms with Crippen LogP contribution in [0.4, 0.5) is 4.39 Å². The monoisotopic (exact) mass is 203 g/mol. The van der Waals surface area contributed by atoms with Gasteiger partial charge in [-0.2, -0.15) is 0 Å². The molecule has 0 saturated heterocycles. The van der Waals surface area contributed by atoms with Crippen molar-refractivity contribution in [3.05, 3.63) is 29.6 Å². The summed E-state index contributed by atoms with van der Waals surface area (Å²) in [6.07, 6.45) is 0. The third-order valence-corrected chi connectivity index (χ3v) is 3.29. The molecule has 0 unspecified atom stereocenters. The molecular formula is C8H10FNO2S. The molecule has 0 atom stereocenters. The predicted molar refractivity (Wildman–Crippen MR) is 47.4 cm³/mol.